The Morgan fingerprint density at radius 3 is 2.59 bits per heavy atom. The molecule has 6 nitrogen and oxygen atoms in total. The van der Waals surface area contributed by atoms with Crippen molar-refractivity contribution in [3.05, 3.63) is 24.3 Å². The zero-order valence-electron chi connectivity index (χ0n) is 9.51. The summed E-state index contributed by atoms with van der Waals surface area (Å²) in [6, 6.07) is 6.32. The summed E-state index contributed by atoms with van der Waals surface area (Å²) in [4.78, 5) is 23.4. The van der Waals surface area contributed by atoms with Crippen molar-refractivity contribution in [2.24, 2.45) is 0 Å². The summed E-state index contributed by atoms with van der Waals surface area (Å²) in [5.41, 5.74) is 6.57. The van der Waals surface area contributed by atoms with Gasteiger partial charge < -0.3 is 21.1 Å². The number of para-hydroxylation sites is 2. The number of amides is 2. The molecule has 1 aromatic carbocycles. The van der Waals surface area contributed by atoms with Crippen molar-refractivity contribution in [3.8, 4) is 0 Å². The number of benzene rings is 1. The van der Waals surface area contributed by atoms with Crippen LogP contribution in [0.25, 0.3) is 0 Å². The van der Waals surface area contributed by atoms with Crippen LogP contribution in [0, 0.1) is 0 Å². The van der Waals surface area contributed by atoms with E-state index >= 15 is 0 Å². The SMILES string of the molecule is CCN(CC(=O)O)C(=O)Nc1ccccc1N. The third kappa shape index (κ3) is 3.67. The number of anilines is 2. The van der Waals surface area contributed by atoms with Crippen molar-refractivity contribution >= 4 is 23.4 Å². The largest absolute Gasteiger partial charge is 0.480 e. The second-order valence-electron chi connectivity index (χ2n) is 3.43. The molecule has 0 heterocycles. The number of carboxylic acids is 1. The van der Waals surface area contributed by atoms with Gasteiger partial charge in [-0.1, -0.05) is 12.1 Å². The fourth-order valence-corrected chi connectivity index (χ4v) is 1.30. The highest BCUT2D eigenvalue weighted by molar-refractivity contribution is 5.94. The third-order valence-corrected chi connectivity index (χ3v) is 2.20. The highest BCUT2D eigenvalue weighted by Crippen LogP contribution is 2.17. The Hall–Kier alpha value is -2.24. The van der Waals surface area contributed by atoms with E-state index in [2.05, 4.69) is 5.32 Å². The Labute approximate surface area is 99.0 Å². The second-order valence-corrected chi connectivity index (χ2v) is 3.43. The van der Waals surface area contributed by atoms with E-state index in [4.69, 9.17) is 10.8 Å². The van der Waals surface area contributed by atoms with Gasteiger partial charge in [-0.3, -0.25) is 4.79 Å². The van der Waals surface area contributed by atoms with Gasteiger partial charge >= 0.3 is 12.0 Å². The Kier molecular flexibility index (Phi) is 4.33. The fraction of sp³-hybridized carbons (Fsp3) is 0.273. The number of hydrogen-bond acceptors (Lipinski definition) is 3. The number of likely N-dealkylation sites (N-methyl/N-ethyl adjacent to an activating group) is 1. The molecule has 4 N–H and O–H groups in total. The molecular formula is C11H15N3O3. The van der Waals surface area contributed by atoms with Crippen LogP contribution in [0.4, 0.5) is 16.2 Å². The number of carbonyl (C=O) groups excluding carboxylic acids is 1. The summed E-state index contributed by atoms with van der Waals surface area (Å²) in [6.07, 6.45) is 0. The molecule has 0 spiro atoms. The first-order valence-corrected chi connectivity index (χ1v) is 5.16. The van der Waals surface area contributed by atoms with E-state index in [1.807, 2.05) is 0 Å². The topological polar surface area (TPSA) is 95.7 Å². The van der Waals surface area contributed by atoms with Gasteiger partial charge in [0.2, 0.25) is 0 Å². The normalized spacial score (nSPS) is 9.71. The summed E-state index contributed by atoms with van der Waals surface area (Å²) < 4.78 is 0. The molecule has 0 unspecified atom stereocenters. The molecule has 0 radical (unpaired) electrons. The van der Waals surface area contributed by atoms with Gasteiger partial charge in [0.05, 0.1) is 11.4 Å². The lowest BCUT2D eigenvalue weighted by Gasteiger charge is -2.19. The number of nitrogens with one attached hydrogen (secondary N) is 1. The van der Waals surface area contributed by atoms with E-state index in [0.29, 0.717) is 17.9 Å². The lowest BCUT2D eigenvalue weighted by atomic mass is 10.3. The first-order valence-electron chi connectivity index (χ1n) is 5.16. The molecule has 0 atom stereocenters. The van der Waals surface area contributed by atoms with Gasteiger partial charge in [0.25, 0.3) is 0 Å². The second kappa shape index (κ2) is 5.74. The van der Waals surface area contributed by atoms with Gasteiger partial charge in [0, 0.05) is 6.54 Å². The molecule has 0 aromatic heterocycles. The van der Waals surface area contributed by atoms with Crippen molar-refractivity contribution < 1.29 is 14.7 Å². The van der Waals surface area contributed by atoms with Gasteiger partial charge in [-0.25, -0.2) is 4.79 Å². The predicted molar refractivity (Wildman–Crippen MR) is 64.8 cm³/mol. The molecule has 1 aromatic rings. The molecule has 92 valence electrons. The number of carboxylic acid groups (broad SMARTS) is 1. The van der Waals surface area contributed by atoms with Crippen LogP contribution in [-0.2, 0) is 4.79 Å². The van der Waals surface area contributed by atoms with Crippen LogP contribution < -0.4 is 11.1 Å². The van der Waals surface area contributed by atoms with Crippen LogP contribution in [0.2, 0.25) is 0 Å². The van der Waals surface area contributed by atoms with E-state index < -0.39 is 12.0 Å². The smallest absolute Gasteiger partial charge is 0.323 e. The maximum Gasteiger partial charge on any atom is 0.323 e. The van der Waals surface area contributed by atoms with Gasteiger partial charge in [-0.2, -0.15) is 0 Å². The number of carbonyl (C=O) groups is 2. The number of nitrogens with zero attached hydrogens (tertiary/aromatic N) is 1. The maximum atomic E-state index is 11.7. The van der Waals surface area contributed by atoms with Gasteiger partial charge in [-0.05, 0) is 19.1 Å². The number of nitrogens with two attached hydrogens (primary N) is 1. The molecule has 0 aliphatic carbocycles. The minimum atomic E-state index is -1.05. The van der Waals surface area contributed by atoms with E-state index in [0.717, 1.165) is 0 Å². The Bertz CT molecular complexity index is 420. The summed E-state index contributed by atoms with van der Waals surface area (Å²) in [5.74, 6) is -1.05. The molecule has 2 amide bonds. The minimum absolute atomic E-state index is 0.310. The predicted octanol–water partition coefficient (Wildman–Crippen LogP) is 1.21. The molecule has 17 heavy (non-hydrogen) atoms. The molecular weight excluding hydrogens is 222 g/mol. The third-order valence-electron chi connectivity index (χ3n) is 2.20. The Morgan fingerprint density at radius 1 is 1.41 bits per heavy atom. The molecule has 0 aliphatic rings. The van der Waals surface area contributed by atoms with E-state index in [1.54, 1.807) is 31.2 Å². The highest BCUT2D eigenvalue weighted by Gasteiger charge is 2.15. The van der Waals surface area contributed by atoms with E-state index in [1.165, 1.54) is 4.90 Å². The van der Waals surface area contributed by atoms with E-state index in [-0.39, 0.29) is 6.54 Å². The first kappa shape index (κ1) is 12.8. The molecule has 0 aliphatic heterocycles. The Balaban J connectivity index is 2.71. The van der Waals surface area contributed by atoms with Crippen LogP contribution in [-0.4, -0.2) is 35.1 Å². The molecule has 0 saturated heterocycles. The van der Waals surface area contributed by atoms with Gasteiger partial charge in [0.15, 0.2) is 0 Å². The highest BCUT2D eigenvalue weighted by atomic mass is 16.4. The van der Waals surface area contributed by atoms with Gasteiger partial charge in [0.1, 0.15) is 6.54 Å². The minimum Gasteiger partial charge on any atom is -0.480 e. The molecule has 0 saturated carbocycles. The number of rotatable bonds is 4. The zero-order valence-corrected chi connectivity index (χ0v) is 9.51. The lowest BCUT2D eigenvalue weighted by Crippen LogP contribution is -2.38. The molecule has 6 heteroatoms. The number of aliphatic carboxylic acids is 1. The number of hydrogen-bond donors (Lipinski definition) is 3. The lowest BCUT2D eigenvalue weighted by molar-refractivity contribution is -0.137. The molecule has 0 bridgehead atoms. The summed E-state index contributed by atoms with van der Waals surface area (Å²) in [6.45, 7) is 1.68. The first-order chi connectivity index (χ1) is 8.04. The van der Waals surface area contributed by atoms with Crippen LogP contribution in [0.15, 0.2) is 24.3 Å². The maximum absolute atomic E-state index is 11.7. The van der Waals surface area contributed by atoms with Crippen molar-refractivity contribution in [3.63, 3.8) is 0 Å². The molecule has 0 fully saturated rings. The van der Waals surface area contributed by atoms with Crippen LogP contribution in [0.3, 0.4) is 0 Å². The van der Waals surface area contributed by atoms with Crippen LogP contribution in [0.1, 0.15) is 6.92 Å². The monoisotopic (exact) mass is 237 g/mol. The fourth-order valence-electron chi connectivity index (χ4n) is 1.30. The number of nitrogen functional groups attached to an aromatic ring is 1. The summed E-state index contributed by atoms with van der Waals surface area (Å²) in [5, 5.41) is 11.2. The quantitative estimate of drug-likeness (QED) is 0.686. The van der Waals surface area contributed by atoms with E-state index in [9.17, 15) is 9.59 Å². The van der Waals surface area contributed by atoms with Crippen LogP contribution in [0.5, 0.6) is 0 Å². The van der Waals surface area contributed by atoms with Crippen molar-refractivity contribution in [1.82, 2.24) is 4.90 Å². The average molecular weight is 237 g/mol. The van der Waals surface area contributed by atoms with Gasteiger partial charge in [-0.15, -0.1) is 0 Å². The zero-order chi connectivity index (χ0) is 12.8. The molecule has 1 rings (SSSR count). The summed E-state index contributed by atoms with van der Waals surface area (Å²) >= 11 is 0. The van der Waals surface area contributed by atoms with Crippen molar-refractivity contribution in [1.29, 1.82) is 0 Å². The van der Waals surface area contributed by atoms with Crippen LogP contribution >= 0.6 is 0 Å². The standard InChI is InChI=1S/C11H15N3O3/c1-2-14(7-10(15)16)11(17)13-9-6-4-3-5-8(9)12/h3-6H,2,7,12H2,1H3,(H,13,17)(H,15,16). The van der Waals surface area contributed by atoms with Crippen molar-refractivity contribution in [2.75, 3.05) is 24.1 Å². The number of urea groups is 1. The van der Waals surface area contributed by atoms with Crippen molar-refractivity contribution in [2.45, 2.75) is 6.92 Å². The Morgan fingerprint density at radius 2 is 2.06 bits per heavy atom. The average Bonchev–Trinajstić information content (AvgIpc) is 2.28. The summed E-state index contributed by atoms with van der Waals surface area (Å²) in [7, 11) is 0.